The van der Waals surface area contributed by atoms with Crippen molar-refractivity contribution < 1.29 is 4.39 Å². The summed E-state index contributed by atoms with van der Waals surface area (Å²) in [5.41, 5.74) is 7.60. The highest BCUT2D eigenvalue weighted by atomic mass is 35.5. The third-order valence-corrected chi connectivity index (χ3v) is 1.95. The quantitative estimate of drug-likeness (QED) is 0.803. The lowest BCUT2D eigenvalue weighted by Gasteiger charge is -2.03. The molecule has 74 valence electrons. The van der Waals surface area contributed by atoms with E-state index in [9.17, 15) is 4.39 Å². The van der Waals surface area contributed by atoms with Crippen LogP contribution in [-0.2, 0) is 6.42 Å². The molecule has 13 heavy (non-hydrogen) atoms. The molecule has 0 amide bonds. The molecule has 0 aliphatic rings. The van der Waals surface area contributed by atoms with Crippen molar-refractivity contribution in [3.05, 3.63) is 35.1 Å². The van der Waals surface area contributed by atoms with Gasteiger partial charge in [0.2, 0.25) is 0 Å². The number of hydrogen-bond acceptors (Lipinski definition) is 1. The largest absolute Gasteiger partial charge is 0.330 e. The van der Waals surface area contributed by atoms with Crippen molar-refractivity contribution in [3.63, 3.8) is 0 Å². The Balaban J connectivity index is 0.00000144. The van der Waals surface area contributed by atoms with Gasteiger partial charge in [0.1, 0.15) is 5.82 Å². The summed E-state index contributed by atoms with van der Waals surface area (Å²) in [6, 6.07) is 4.89. The molecule has 2 N–H and O–H groups in total. The smallest absolute Gasteiger partial charge is 0.123 e. The van der Waals surface area contributed by atoms with E-state index in [1.54, 1.807) is 6.07 Å². The lowest BCUT2D eigenvalue weighted by Crippen LogP contribution is -2.01. The summed E-state index contributed by atoms with van der Waals surface area (Å²) in [7, 11) is 0. The second-order valence-electron chi connectivity index (χ2n) is 2.96. The molecule has 1 nitrogen and oxygen atoms in total. The van der Waals surface area contributed by atoms with Gasteiger partial charge in [0.25, 0.3) is 0 Å². The number of nitrogens with two attached hydrogens (primary N) is 1. The van der Waals surface area contributed by atoms with Crippen molar-refractivity contribution in [1.82, 2.24) is 0 Å². The fourth-order valence-corrected chi connectivity index (χ4v) is 1.23. The van der Waals surface area contributed by atoms with Crippen LogP contribution < -0.4 is 5.73 Å². The van der Waals surface area contributed by atoms with E-state index in [1.807, 2.05) is 13.0 Å². The normalized spacial score (nSPS) is 9.46. The van der Waals surface area contributed by atoms with Crippen LogP contribution in [-0.4, -0.2) is 6.54 Å². The van der Waals surface area contributed by atoms with E-state index in [1.165, 1.54) is 11.6 Å². The Morgan fingerprint density at radius 3 is 2.62 bits per heavy atom. The first-order chi connectivity index (χ1) is 5.74. The molecule has 3 heteroatoms. The van der Waals surface area contributed by atoms with Gasteiger partial charge in [-0.25, -0.2) is 4.39 Å². The second kappa shape index (κ2) is 5.95. The highest BCUT2D eigenvalue weighted by Crippen LogP contribution is 2.11. The molecule has 0 saturated heterocycles. The first kappa shape index (κ1) is 12.4. The molecular weight excluding hydrogens is 189 g/mol. The van der Waals surface area contributed by atoms with Crippen molar-refractivity contribution >= 4 is 12.4 Å². The lowest BCUT2D eigenvalue weighted by atomic mass is 10.0. The Kier molecular flexibility index (Phi) is 5.67. The zero-order valence-corrected chi connectivity index (χ0v) is 8.53. The third kappa shape index (κ3) is 3.75. The van der Waals surface area contributed by atoms with Crippen molar-refractivity contribution in [2.75, 3.05) is 6.54 Å². The van der Waals surface area contributed by atoms with Crippen LogP contribution >= 0.6 is 12.4 Å². The van der Waals surface area contributed by atoms with Crippen LogP contribution in [0.1, 0.15) is 17.5 Å². The Morgan fingerprint density at radius 1 is 1.38 bits per heavy atom. The van der Waals surface area contributed by atoms with E-state index < -0.39 is 0 Å². The molecule has 0 radical (unpaired) electrons. The Labute approximate surface area is 84.5 Å². The predicted molar refractivity (Wildman–Crippen MR) is 55.8 cm³/mol. The molecule has 0 unspecified atom stereocenters. The van der Waals surface area contributed by atoms with E-state index >= 15 is 0 Å². The second-order valence-corrected chi connectivity index (χ2v) is 2.96. The van der Waals surface area contributed by atoms with Crippen LogP contribution in [0.3, 0.4) is 0 Å². The summed E-state index contributed by atoms with van der Waals surface area (Å²) < 4.78 is 12.6. The SMILES string of the molecule is Cc1cc(F)ccc1CCCN.Cl. The lowest BCUT2D eigenvalue weighted by molar-refractivity contribution is 0.625. The van der Waals surface area contributed by atoms with Gasteiger partial charge in [0.15, 0.2) is 0 Å². The first-order valence-electron chi connectivity index (χ1n) is 4.19. The third-order valence-electron chi connectivity index (χ3n) is 1.95. The fraction of sp³-hybridized carbons (Fsp3) is 0.400. The standard InChI is InChI=1S/C10H14FN.ClH/c1-8-7-10(11)5-4-9(8)3-2-6-12;/h4-5,7H,2-3,6,12H2,1H3;1H. The fourth-order valence-electron chi connectivity index (χ4n) is 1.23. The highest BCUT2D eigenvalue weighted by molar-refractivity contribution is 5.85. The van der Waals surface area contributed by atoms with Crippen molar-refractivity contribution in [3.8, 4) is 0 Å². The summed E-state index contributed by atoms with van der Waals surface area (Å²) >= 11 is 0. The molecule has 1 rings (SSSR count). The van der Waals surface area contributed by atoms with Gasteiger partial charge in [0.05, 0.1) is 0 Å². The van der Waals surface area contributed by atoms with Crippen LogP contribution in [0.2, 0.25) is 0 Å². The molecule has 1 aromatic carbocycles. The molecule has 0 fully saturated rings. The summed E-state index contributed by atoms with van der Waals surface area (Å²) in [5, 5.41) is 0. The number of hydrogen-bond donors (Lipinski definition) is 1. The highest BCUT2D eigenvalue weighted by Gasteiger charge is 1.98. The van der Waals surface area contributed by atoms with Gasteiger partial charge < -0.3 is 5.73 Å². The van der Waals surface area contributed by atoms with E-state index in [2.05, 4.69) is 0 Å². The predicted octanol–water partition coefficient (Wildman–Crippen LogP) is 2.45. The molecule has 0 saturated carbocycles. The van der Waals surface area contributed by atoms with Crippen LogP contribution in [0.15, 0.2) is 18.2 Å². The minimum Gasteiger partial charge on any atom is -0.330 e. The summed E-state index contributed by atoms with van der Waals surface area (Å²) in [4.78, 5) is 0. The van der Waals surface area contributed by atoms with E-state index in [-0.39, 0.29) is 18.2 Å². The van der Waals surface area contributed by atoms with Crippen LogP contribution in [0.4, 0.5) is 4.39 Å². The molecule has 0 aliphatic carbocycles. The molecule has 0 bridgehead atoms. The van der Waals surface area contributed by atoms with Crippen molar-refractivity contribution in [1.29, 1.82) is 0 Å². The van der Waals surface area contributed by atoms with Gasteiger partial charge in [-0.05, 0) is 49.6 Å². The zero-order chi connectivity index (χ0) is 8.97. The summed E-state index contributed by atoms with van der Waals surface area (Å²) in [6.45, 7) is 2.62. The summed E-state index contributed by atoms with van der Waals surface area (Å²) in [6.07, 6.45) is 1.91. The zero-order valence-electron chi connectivity index (χ0n) is 7.72. The van der Waals surface area contributed by atoms with Gasteiger partial charge >= 0.3 is 0 Å². The number of aryl methyl sites for hydroxylation is 2. The minimum absolute atomic E-state index is 0. The topological polar surface area (TPSA) is 26.0 Å². The Morgan fingerprint density at radius 2 is 2.08 bits per heavy atom. The number of benzene rings is 1. The summed E-state index contributed by atoms with van der Waals surface area (Å²) in [5.74, 6) is -0.163. The average Bonchev–Trinajstić information content (AvgIpc) is 2.03. The molecule has 0 atom stereocenters. The van der Waals surface area contributed by atoms with Crippen molar-refractivity contribution in [2.45, 2.75) is 19.8 Å². The van der Waals surface area contributed by atoms with Crippen LogP contribution in [0, 0.1) is 12.7 Å². The van der Waals surface area contributed by atoms with Gasteiger partial charge in [-0.1, -0.05) is 6.07 Å². The molecular formula is C10H15ClFN. The number of rotatable bonds is 3. The molecule has 0 aliphatic heterocycles. The molecule has 0 heterocycles. The Hall–Kier alpha value is -0.600. The molecule has 0 spiro atoms. The van der Waals surface area contributed by atoms with E-state index in [0.29, 0.717) is 6.54 Å². The average molecular weight is 204 g/mol. The monoisotopic (exact) mass is 203 g/mol. The Bertz CT molecular complexity index is 263. The van der Waals surface area contributed by atoms with Gasteiger partial charge in [0, 0.05) is 0 Å². The molecule has 0 aromatic heterocycles. The van der Waals surface area contributed by atoms with E-state index in [0.717, 1.165) is 18.4 Å². The van der Waals surface area contributed by atoms with Gasteiger partial charge in [-0.15, -0.1) is 12.4 Å². The maximum absolute atomic E-state index is 12.6. The van der Waals surface area contributed by atoms with Gasteiger partial charge in [-0.2, -0.15) is 0 Å². The van der Waals surface area contributed by atoms with E-state index in [4.69, 9.17) is 5.73 Å². The van der Waals surface area contributed by atoms with Crippen molar-refractivity contribution in [2.24, 2.45) is 5.73 Å². The minimum atomic E-state index is -0.163. The maximum Gasteiger partial charge on any atom is 0.123 e. The van der Waals surface area contributed by atoms with Gasteiger partial charge in [-0.3, -0.25) is 0 Å². The van der Waals surface area contributed by atoms with Crippen LogP contribution in [0.5, 0.6) is 0 Å². The first-order valence-corrected chi connectivity index (χ1v) is 4.19. The van der Waals surface area contributed by atoms with Crippen LogP contribution in [0.25, 0.3) is 0 Å². The maximum atomic E-state index is 12.6. The molecule has 1 aromatic rings. The number of halogens is 2.